The highest BCUT2D eigenvalue weighted by atomic mass is 16.5. The van der Waals surface area contributed by atoms with Crippen LogP contribution in [0.25, 0.3) is 11.4 Å². The van der Waals surface area contributed by atoms with Crippen LogP contribution in [-0.4, -0.2) is 66.0 Å². The van der Waals surface area contributed by atoms with E-state index < -0.39 is 0 Å². The van der Waals surface area contributed by atoms with E-state index in [-0.39, 0.29) is 30.0 Å². The summed E-state index contributed by atoms with van der Waals surface area (Å²) in [6.07, 6.45) is 2.46. The first-order valence-corrected chi connectivity index (χ1v) is 10.2. The number of H-pyrrole nitrogens is 1. The van der Waals surface area contributed by atoms with E-state index in [1.807, 2.05) is 0 Å². The smallest absolute Gasteiger partial charge is 0.273 e. The Morgan fingerprint density at radius 3 is 2.73 bits per heavy atom. The molecule has 0 radical (unpaired) electrons. The topological polar surface area (TPSA) is 107 Å². The fourth-order valence-corrected chi connectivity index (χ4v) is 3.11. The lowest BCUT2D eigenvalue weighted by Gasteiger charge is -2.26. The highest BCUT2D eigenvalue weighted by Crippen LogP contribution is 2.31. The van der Waals surface area contributed by atoms with Gasteiger partial charge in [0.25, 0.3) is 5.56 Å². The van der Waals surface area contributed by atoms with Crippen molar-refractivity contribution in [2.45, 2.75) is 32.6 Å². The maximum Gasteiger partial charge on any atom is 0.273 e. The number of amides is 1. The minimum atomic E-state index is -0.350. The second-order valence-electron chi connectivity index (χ2n) is 7.01. The van der Waals surface area contributed by atoms with Crippen LogP contribution in [0, 0.1) is 0 Å². The van der Waals surface area contributed by atoms with Crippen LogP contribution in [0.4, 0.5) is 0 Å². The Labute approximate surface area is 175 Å². The van der Waals surface area contributed by atoms with Gasteiger partial charge in [0.1, 0.15) is 5.69 Å². The molecule has 1 amide bonds. The third-order valence-corrected chi connectivity index (χ3v) is 4.90. The number of hydrogen-bond acceptors (Lipinski definition) is 7. The monoisotopic (exact) mass is 416 g/mol. The summed E-state index contributed by atoms with van der Waals surface area (Å²) in [5.74, 6) is 1.53. The van der Waals surface area contributed by atoms with Gasteiger partial charge in [0.05, 0.1) is 26.9 Å². The Balaban J connectivity index is 1.67. The van der Waals surface area contributed by atoms with Gasteiger partial charge in [0, 0.05) is 31.5 Å². The Kier molecular flexibility index (Phi) is 7.78. The largest absolute Gasteiger partial charge is 0.493 e. The molecule has 9 nitrogen and oxygen atoms in total. The van der Waals surface area contributed by atoms with Crippen molar-refractivity contribution >= 4 is 5.91 Å². The van der Waals surface area contributed by atoms with Crippen LogP contribution in [0.5, 0.6) is 11.5 Å². The van der Waals surface area contributed by atoms with E-state index in [2.05, 4.69) is 22.1 Å². The zero-order valence-corrected chi connectivity index (χ0v) is 17.5. The number of methoxy groups -OCH3 is 1. The van der Waals surface area contributed by atoms with Gasteiger partial charge in [-0.25, -0.2) is 0 Å². The van der Waals surface area contributed by atoms with Crippen molar-refractivity contribution in [2.75, 3.05) is 40.0 Å². The third-order valence-electron chi connectivity index (χ3n) is 4.90. The third kappa shape index (κ3) is 5.56. The SMILES string of the molecule is CCCCOc1ccc(-c2nnc(CCC(=O)N3CCOCC3)c(=O)[nH]2)cc1OC. The fourth-order valence-electron chi connectivity index (χ4n) is 3.11. The molecule has 1 aliphatic rings. The Morgan fingerprint density at radius 1 is 1.23 bits per heavy atom. The minimum absolute atomic E-state index is 0.00743. The van der Waals surface area contributed by atoms with Crippen LogP contribution in [0.1, 0.15) is 31.9 Å². The molecule has 1 aromatic carbocycles. The molecule has 0 aliphatic carbocycles. The van der Waals surface area contributed by atoms with Crippen LogP contribution in [0.2, 0.25) is 0 Å². The number of nitrogens with zero attached hydrogens (tertiary/aromatic N) is 3. The highest BCUT2D eigenvalue weighted by Gasteiger charge is 2.18. The summed E-state index contributed by atoms with van der Waals surface area (Å²) < 4.78 is 16.4. The van der Waals surface area contributed by atoms with Gasteiger partial charge in [0.15, 0.2) is 17.3 Å². The maximum atomic E-state index is 12.4. The second kappa shape index (κ2) is 10.7. The lowest BCUT2D eigenvalue weighted by atomic mass is 10.2. The molecule has 162 valence electrons. The molecule has 1 aromatic heterocycles. The number of morpholine rings is 1. The summed E-state index contributed by atoms with van der Waals surface area (Å²) in [6, 6.07) is 5.34. The number of unbranched alkanes of at least 4 members (excludes halogenated alkanes) is 1. The number of aromatic nitrogens is 3. The van der Waals surface area contributed by atoms with Gasteiger partial charge in [0.2, 0.25) is 5.91 Å². The number of ether oxygens (including phenoxy) is 3. The maximum absolute atomic E-state index is 12.4. The summed E-state index contributed by atoms with van der Waals surface area (Å²) in [5, 5.41) is 8.18. The van der Waals surface area contributed by atoms with Crippen molar-refractivity contribution in [2.24, 2.45) is 0 Å². The molecule has 2 heterocycles. The lowest BCUT2D eigenvalue weighted by molar-refractivity contribution is -0.135. The molecular formula is C21H28N4O5. The molecular weight excluding hydrogens is 388 g/mol. The van der Waals surface area contributed by atoms with E-state index in [9.17, 15) is 9.59 Å². The zero-order valence-electron chi connectivity index (χ0n) is 17.5. The lowest BCUT2D eigenvalue weighted by Crippen LogP contribution is -2.41. The molecule has 1 aliphatic heterocycles. The summed E-state index contributed by atoms with van der Waals surface area (Å²) in [4.78, 5) is 29.2. The van der Waals surface area contributed by atoms with Gasteiger partial charge in [-0.1, -0.05) is 13.3 Å². The molecule has 0 spiro atoms. The molecule has 30 heavy (non-hydrogen) atoms. The zero-order chi connectivity index (χ0) is 21.3. The number of carbonyl (C=O) groups excluding carboxylic acids is 1. The van der Waals surface area contributed by atoms with Gasteiger partial charge < -0.3 is 24.1 Å². The van der Waals surface area contributed by atoms with Crippen LogP contribution in [-0.2, 0) is 16.0 Å². The molecule has 1 fully saturated rings. The van der Waals surface area contributed by atoms with Gasteiger partial charge in [-0.3, -0.25) is 9.59 Å². The van der Waals surface area contributed by atoms with E-state index in [1.165, 1.54) is 0 Å². The first-order chi connectivity index (χ1) is 14.6. The number of nitrogens with one attached hydrogen (secondary N) is 1. The van der Waals surface area contributed by atoms with Crippen LogP contribution in [0.15, 0.2) is 23.0 Å². The molecule has 2 aromatic rings. The van der Waals surface area contributed by atoms with Gasteiger partial charge >= 0.3 is 0 Å². The van der Waals surface area contributed by atoms with Gasteiger partial charge in [-0.2, -0.15) is 0 Å². The van der Waals surface area contributed by atoms with Crippen molar-refractivity contribution in [3.05, 3.63) is 34.2 Å². The van der Waals surface area contributed by atoms with E-state index in [0.717, 1.165) is 12.8 Å². The predicted octanol–water partition coefficient (Wildman–Crippen LogP) is 1.81. The number of carbonyl (C=O) groups is 1. The Hall–Kier alpha value is -2.94. The number of hydrogen-bond donors (Lipinski definition) is 1. The second-order valence-corrected chi connectivity index (χ2v) is 7.01. The van der Waals surface area contributed by atoms with Crippen LogP contribution >= 0.6 is 0 Å². The molecule has 0 atom stereocenters. The average molecular weight is 416 g/mol. The molecule has 3 rings (SSSR count). The number of aryl methyl sites for hydroxylation is 1. The number of aromatic amines is 1. The first-order valence-electron chi connectivity index (χ1n) is 10.2. The molecule has 0 unspecified atom stereocenters. The van der Waals surface area contributed by atoms with Crippen LogP contribution in [0.3, 0.4) is 0 Å². The first kappa shape index (κ1) is 21.8. The molecule has 9 heteroatoms. The minimum Gasteiger partial charge on any atom is -0.493 e. The van der Waals surface area contributed by atoms with E-state index in [0.29, 0.717) is 55.8 Å². The van der Waals surface area contributed by atoms with E-state index in [4.69, 9.17) is 14.2 Å². The fraction of sp³-hybridized carbons (Fsp3) is 0.524. The summed E-state index contributed by atoms with van der Waals surface area (Å²) in [6.45, 7) is 4.97. The number of rotatable bonds is 9. The van der Waals surface area contributed by atoms with Crippen molar-refractivity contribution < 1.29 is 19.0 Å². The summed E-state index contributed by atoms with van der Waals surface area (Å²) in [7, 11) is 1.56. The van der Waals surface area contributed by atoms with Crippen LogP contribution < -0.4 is 15.0 Å². The summed E-state index contributed by atoms with van der Waals surface area (Å²) in [5.41, 5.74) is 0.555. The number of benzene rings is 1. The average Bonchev–Trinajstić information content (AvgIpc) is 2.79. The standard InChI is InChI=1S/C21H28N4O5/c1-3-4-11-30-17-7-5-15(14-18(17)28-2)20-22-21(27)16(23-24-20)6-8-19(26)25-9-12-29-13-10-25/h5,7,14H,3-4,6,8-13H2,1-2H3,(H,22,24,27). The van der Waals surface area contributed by atoms with Crippen molar-refractivity contribution in [3.8, 4) is 22.9 Å². The Morgan fingerprint density at radius 2 is 2.03 bits per heavy atom. The van der Waals surface area contributed by atoms with Crippen molar-refractivity contribution in [3.63, 3.8) is 0 Å². The van der Waals surface area contributed by atoms with Gasteiger partial charge in [-0.15, -0.1) is 10.2 Å². The highest BCUT2D eigenvalue weighted by molar-refractivity contribution is 5.76. The molecule has 0 bridgehead atoms. The van der Waals surface area contributed by atoms with E-state index in [1.54, 1.807) is 30.2 Å². The van der Waals surface area contributed by atoms with Crippen molar-refractivity contribution in [1.82, 2.24) is 20.1 Å². The summed E-state index contributed by atoms with van der Waals surface area (Å²) >= 11 is 0. The molecule has 0 saturated carbocycles. The predicted molar refractivity (Wildman–Crippen MR) is 111 cm³/mol. The van der Waals surface area contributed by atoms with E-state index >= 15 is 0 Å². The van der Waals surface area contributed by atoms with Gasteiger partial charge in [-0.05, 0) is 24.6 Å². The Bertz CT molecular complexity index is 909. The molecule has 1 N–H and O–H groups in total. The normalized spacial score (nSPS) is 13.9. The van der Waals surface area contributed by atoms with Crippen molar-refractivity contribution in [1.29, 1.82) is 0 Å². The molecule has 1 saturated heterocycles. The quantitative estimate of drug-likeness (QED) is 0.621.